The van der Waals surface area contributed by atoms with Crippen LogP contribution in [0.1, 0.15) is 48.4 Å². The van der Waals surface area contributed by atoms with Crippen molar-refractivity contribution in [3.8, 4) is 0 Å². The summed E-state index contributed by atoms with van der Waals surface area (Å²) in [4.78, 5) is 25.3. The highest BCUT2D eigenvalue weighted by Crippen LogP contribution is 2.35. The van der Waals surface area contributed by atoms with Crippen molar-refractivity contribution in [3.05, 3.63) is 34.4 Å². The van der Waals surface area contributed by atoms with Crippen LogP contribution in [0.3, 0.4) is 0 Å². The Bertz CT molecular complexity index is 585. The van der Waals surface area contributed by atoms with E-state index in [0.717, 1.165) is 22.3 Å². The van der Waals surface area contributed by atoms with E-state index >= 15 is 0 Å². The lowest BCUT2D eigenvalue weighted by atomic mass is 9.82. The molecule has 2 atom stereocenters. The highest BCUT2D eigenvalue weighted by Gasteiger charge is 2.50. The lowest BCUT2D eigenvalue weighted by Crippen LogP contribution is -2.44. The molecule has 0 aliphatic carbocycles. The van der Waals surface area contributed by atoms with Gasteiger partial charge in [0.25, 0.3) is 0 Å². The van der Waals surface area contributed by atoms with Gasteiger partial charge in [0, 0.05) is 19.6 Å². The number of carbonyl (C=O) groups is 2. The summed E-state index contributed by atoms with van der Waals surface area (Å²) in [7, 11) is 0. The van der Waals surface area contributed by atoms with Gasteiger partial charge in [-0.1, -0.05) is 17.7 Å². The fraction of sp³-hybridized carbons (Fsp3) is 0.556. The largest absolute Gasteiger partial charge is 0.382 e. The van der Waals surface area contributed by atoms with Crippen LogP contribution in [0.15, 0.2) is 12.1 Å². The van der Waals surface area contributed by atoms with E-state index in [9.17, 15) is 9.59 Å². The van der Waals surface area contributed by atoms with E-state index in [2.05, 4.69) is 5.32 Å². The van der Waals surface area contributed by atoms with Gasteiger partial charge in [-0.25, -0.2) is 0 Å². The number of ether oxygens (including phenoxy) is 1. The number of benzene rings is 1. The molecule has 0 aromatic heterocycles. The molecule has 22 heavy (non-hydrogen) atoms. The lowest BCUT2D eigenvalue weighted by Gasteiger charge is -2.22. The first kappa shape index (κ1) is 16.7. The Morgan fingerprint density at radius 3 is 2.32 bits per heavy atom. The zero-order chi connectivity index (χ0) is 16.5. The average Bonchev–Trinajstić information content (AvgIpc) is 2.62. The van der Waals surface area contributed by atoms with E-state index < -0.39 is 11.5 Å². The second-order valence-electron chi connectivity index (χ2n) is 6.38. The molecule has 1 aliphatic heterocycles. The van der Waals surface area contributed by atoms with Gasteiger partial charge >= 0.3 is 0 Å². The monoisotopic (exact) mass is 303 g/mol. The summed E-state index contributed by atoms with van der Waals surface area (Å²) in [5.74, 6) is -0.946. The predicted octanol–water partition coefficient (Wildman–Crippen LogP) is 2.58. The quantitative estimate of drug-likeness (QED) is 0.672. The van der Waals surface area contributed by atoms with Gasteiger partial charge in [-0.15, -0.1) is 0 Å². The maximum Gasteiger partial charge on any atom is 0.235 e. The molecule has 1 heterocycles. The normalized spacial score (nSPS) is 24.7. The third-order valence-corrected chi connectivity index (χ3v) is 4.44. The third kappa shape index (κ3) is 2.93. The van der Waals surface area contributed by atoms with Crippen molar-refractivity contribution in [2.45, 2.75) is 52.5 Å². The van der Waals surface area contributed by atoms with Crippen LogP contribution in [0.5, 0.6) is 0 Å². The summed E-state index contributed by atoms with van der Waals surface area (Å²) in [6.07, 6.45) is 0.506. The van der Waals surface area contributed by atoms with E-state index in [-0.39, 0.29) is 11.7 Å². The molecule has 1 saturated heterocycles. The molecular weight excluding hydrogens is 278 g/mol. The van der Waals surface area contributed by atoms with Gasteiger partial charge in [-0.2, -0.15) is 0 Å². The molecule has 0 radical (unpaired) electrons. The molecule has 1 fully saturated rings. The molecule has 1 amide bonds. The Morgan fingerprint density at radius 1 is 1.18 bits per heavy atom. The van der Waals surface area contributed by atoms with Crippen molar-refractivity contribution in [3.63, 3.8) is 0 Å². The van der Waals surface area contributed by atoms with Crippen LogP contribution in [0.2, 0.25) is 0 Å². The number of carbonyl (C=O) groups excluding carboxylic acids is 2. The SMILES string of the molecule is CCOCCC1(C)NC(=O)C(c2c(C)cc(C)cc2C)C1=O. The fourth-order valence-corrected chi connectivity index (χ4v) is 3.36. The minimum Gasteiger partial charge on any atom is -0.382 e. The molecule has 0 spiro atoms. The van der Waals surface area contributed by atoms with Gasteiger partial charge in [-0.05, 0) is 51.3 Å². The van der Waals surface area contributed by atoms with Crippen LogP contribution in [-0.2, 0) is 14.3 Å². The van der Waals surface area contributed by atoms with Gasteiger partial charge in [0.15, 0.2) is 5.78 Å². The smallest absolute Gasteiger partial charge is 0.235 e. The number of Topliss-reactive ketones (excluding diaryl/α,β-unsaturated/α-hetero) is 1. The fourth-order valence-electron chi connectivity index (χ4n) is 3.36. The summed E-state index contributed by atoms with van der Waals surface area (Å²) >= 11 is 0. The average molecular weight is 303 g/mol. The summed E-state index contributed by atoms with van der Waals surface area (Å²) in [5.41, 5.74) is 3.16. The second-order valence-corrected chi connectivity index (χ2v) is 6.38. The first-order valence-corrected chi connectivity index (χ1v) is 7.82. The van der Waals surface area contributed by atoms with Gasteiger partial charge in [0.1, 0.15) is 5.92 Å². The number of ketones is 1. The maximum atomic E-state index is 12.9. The Balaban J connectivity index is 2.34. The molecule has 1 aromatic rings. The van der Waals surface area contributed by atoms with Crippen LogP contribution >= 0.6 is 0 Å². The third-order valence-electron chi connectivity index (χ3n) is 4.44. The van der Waals surface area contributed by atoms with Crippen molar-refractivity contribution < 1.29 is 14.3 Å². The van der Waals surface area contributed by atoms with Crippen LogP contribution in [-0.4, -0.2) is 30.4 Å². The topological polar surface area (TPSA) is 55.4 Å². The zero-order valence-electron chi connectivity index (χ0n) is 14.1. The Hall–Kier alpha value is -1.68. The van der Waals surface area contributed by atoms with E-state index in [4.69, 9.17) is 4.74 Å². The lowest BCUT2D eigenvalue weighted by molar-refractivity contribution is -0.125. The molecule has 1 aliphatic rings. The van der Waals surface area contributed by atoms with Crippen molar-refractivity contribution in [2.24, 2.45) is 0 Å². The van der Waals surface area contributed by atoms with Crippen molar-refractivity contribution in [2.75, 3.05) is 13.2 Å². The summed E-state index contributed by atoms with van der Waals surface area (Å²) in [5, 5.41) is 2.89. The number of amides is 1. The Morgan fingerprint density at radius 2 is 1.77 bits per heavy atom. The van der Waals surface area contributed by atoms with Gasteiger partial charge in [-0.3, -0.25) is 9.59 Å². The Kier molecular flexibility index (Phi) is 4.71. The zero-order valence-corrected chi connectivity index (χ0v) is 14.1. The molecule has 2 unspecified atom stereocenters. The van der Waals surface area contributed by atoms with Crippen LogP contribution in [0.4, 0.5) is 0 Å². The minimum absolute atomic E-state index is 0.0488. The molecule has 1 aromatic carbocycles. The number of rotatable bonds is 5. The summed E-state index contributed by atoms with van der Waals surface area (Å²) in [6, 6.07) is 4.05. The maximum absolute atomic E-state index is 12.9. The number of aryl methyl sites for hydroxylation is 3. The molecule has 0 bridgehead atoms. The van der Waals surface area contributed by atoms with Crippen molar-refractivity contribution in [1.82, 2.24) is 5.32 Å². The van der Waals surface area contributed by atoms with Gasteiger partial charge in [0.05, 0.1) is 5.54 Å². The predicted molar refractivity (Wildman–Crippen MR) is 86.1 cm³/mol. The van der Waals surface area contributed by atoms with E-state index in [0.29, 0.717) is 19.6 Å². The first-order chi connectivity index (χ1) is 10.3. The minimum atomic E-state index is -0.833. The molecule has 4 nitrogen and oxygen atoms in total. The van der Waals surface area contributed by atoms with E-state index in [1.807, 2.05) is 39.8 Å². The standard InChI is InChI=1S/C18H25NO3/c1-6-22-8-7-18(5)16(20)15(17(21)19-18)14-12(3)9-11(2)10-13(14)4/h9-10,15H,6-8H2,1-5H3,(H,19,21). The molecule has 1 N–H and O–H groups in total. The van der Waals surface area contributed by atoms with E-state index in [1.165, 1.54) is 0 Å². The molecule has 120 valence electrons. The molecule has 2 rings (SSSR count). The highest BCUT2D eigenvalue weighted by molar-refractivity contribution is 6.17. The van der Waals surface area contributed by atoms with E-state index in [1.54, 1.807) is 6.92 Å². The first-order valence-electron chi connectivity index (χ1n) is 7.82. The van der Waals surface area contributed by atoms with Gasteiger partial charge in [0.2, 0.25) is 5.91 Å². The van der Waals surface area contributed by atoms with Crippen molar-refractivity contribution in [1.29, 1.82) is 0 Å². The number of nitrogens with one attached hydrogen (secondary N) is 1. The van der Waals surface area contributed by atoms with Crippen LogP contribution < -0.4 is 5.32 Å². The van der Waals surface area contributed by atoms with Crippen LogP contribution in [0.25, 0.3) is 0 Å². The number of hydrogen-bond acceptors (Lipinski definition) is 3. The Labute approximate surface area is 132 Å². The van der Waals surface area contributed by atoms with Crippen LogP contribution in [0, 0.1) is 20.8 Å². The summed E-state index contributed by atoms with van der Waals surface area (Å²) in [6.45, 7) is 10.7. The molecule has 4 heteroatoms. The number of hydrogen-bond donors (Lipinski definition) is 1. The van der Waals surface area contributed by atoms with Gasteiger partial charge < -0.3 is 10.1 Å². The van der Waals surface area contributed by atoms with Crippen molar-refractivity contribution >= 4 is 11.7 Å². The summed E-state index contributed by atoms with van der Waals surface area (Å²) < 4.78 is 5.34. The highest BCUT2D eigenvalue weighted by atomic mass is 16.5. The molecular formula is C18H25NO3. The molecule has 0 saturated carbocycles. The second kappa shape index (κ2) is 6.21.